The van der Waals surface area contributed by atoms with Crippen molar-refractivity contribution in [3.8, 4) is 5.75 Å². The number of benzene rings is 1. The second kappa shape index (κ2) is 10.5. The van der Waals surface area contributed by atoms with E-state index in [9.17, 15) is 5.11 Å². The van der Waals surface area contributed by atoms with Crippen LogP contribution in [-0.2, 0) is 0 Å². The van der Waals surface area contributed by atoms with Crippen molar-refractivity contribution >= 4 is 0 Å². The van der Waals surface area contributed by atoms with Gasteiger partial charge in [-0.2, -0.15) is 0 Å². The van der Waals surface area contributed by atoms with Gasteiger partial charge in [0.1, 0.15) is 5.75 Å². The van der Waals surface area contributed by atoms with E-state index in [1.807, 2.05) is 30.3 Å². The van der Waals surface area contributed by atoms with Crippen LogP contribution in [0.3, 0.4) is 0 Å². The van der Waals surface area contributed by atoms with E-state index >= 15 is 0 Å². The number of aliphatic hydroxyl groups excluding tert-OH is 1. The van der Waals surface area contributed by atoms with Gasteiger partial charge in [-0.3, -0.25) is 0 Å². The SMILES string of the molecule is C=CCCCCCC(O)c1ccc(OCCCC)cc1. The van der Waals surface area contributed by atoms with Crippen LogP contribution in [0.1, 0.15) is 63.5 Å². The summed E-state index contributed by atoms with van der Waals surface area (Å²) in [6, 6.07) is 7.84. The van der Waals surface area contributed by atoms with Crippen LogP contribution in [0.2, 0.25) is 0 Å². The third-order valence-electron chi connectivity index (χ3n) is 3.42. The van der Waals surface area contributed by atoms with Gasteiger partial charge in [0.05, 0.1) is 12.7 Å². The molecule has 2 heteroatoms. The Bertz CT molecular complexity index is 356. The maximum Gasteiger partial charge on any atom is 0.119 e. The van der Waals surface area contributed by atoms with Crippen molar-refractivity contribution in [3.05, 3.63) is 42.5 Å². The third-order valence-corrected chi connectivity index (χ3v) is 3.42. The molecule has 0 saturated heterocycles. The third kappa shape index (κ3) is 6.76. The van der Waals surface area contributed by atoms with Crippen molar-refractivity contribution < 1.29 is 9.84 Å². The number of hydrogen-bond acceptors (Lipinski definition) is 2. The highest BCUT2D eigenvalue weighted by molar-refractivity contribution is 5.28. The van der Waals surface area contributed by atoms with E-state index < -0.39 is 0 Å². The minimum Gasteiger partial charge on any atom is -0.494 e. The minimum absolute atomic E-state index is 0.358. The fourth-order valence-corrected chi connectivity index (χ4v) is 2.09. The molecule has 0 aliphatic rings. The van der Waals surface area contributed by atoms with Crippen molar-refractivity contribution in [1.82, 2.24) is 0 Å². The number of aliphatic hydroxyl groups is 1. The van der Waals surface area contributed by atoms with E-state index in [-0.39, 0.29) is 6.10 Å². The lowest BCUT2D eigenvalue weighted by Gasteiger charge is -2.12. The first-order chi connectivity index (χ1) is 9.77. The highest BCUT2D eigenvalue weighted by Crippen LogP contribution is 2.22. The van der Waals surface area contributed by atoms with Gasteiger partial charge in [-0.05, 0) is 43.4 Å². The highest BCUT2D eigenvalue weighted by Gasteiger charge is 2.07. The Hall–Kier alpha value is -1.28. The lowest BCUT2D eigenvalue weighted by molar-refractivity contribution is 0.163. The summed E-state index contributed by atoms with van der Waals surface area (Å²) in [5, 5.41) is 10.1. The van der Waals surface area contributed by atoms with E-state index in [1.54, 1.807) is 0 Å². The number of ether oxygens (including phenoxy) is 1. The predicted molar refractivity (Wildman–Crippen MR) is 85.1 cm³/mol. The van der Waals surface area contributed by atoms with E-state index in [1.165, 1.54) is 6.42 Å². The number of hydrogen-bond donors (Lipinski definition) is 1. The van der Waals surface area contributed by atoms with Crippen molar-refractivity contribution in [2.75, 3.05) is 6.61 Å². The van der Waals surface area contributed by atoms with Crippen LogP contribution >= 0.6 is 0 Å². The molecule has 0 fully saturated rings. The summed E-state index contributed by atoms with van der Waals surface area (Å²) in [5.74, 6) is 0.889. The number of rotatable bonds is 11. The van der Waals surface area contributed by atoms with Gasteiger partial charge in [-0.15, -0.1) is 6.58 Å². The molecule has 1 aromatic rings. The molecule has 0 amide bonds. The van der Waals surface area contributed by atoms with E-state index in [4.69, 9.17) is 4.74 Å². The van der Waals surface area contributed by atoms with Crippen molar-refractivity contribution in [2.24, 2.45) is 0 Å². The summed E-state index contributed by atoms with van der Waals surface area (Å²) in [4.78, 5) is 0. The van der Waals surface area contributed by atoms with Crippen LogP contribution in [0, 0.1) is 0 Å². The topological polar surface area (TPSA) is 29.5 Å². The van der Waals surface area contributed by atoms with Gasteiger partial charge < -0.3 is 9.84 Å². The normalized spacial score (nSPS) is 12.1. The van der Waals surface area contributed by atoms with Crippen LogP contribution in [0.4, 0.5) is 0 Å². The minimum atomic E-state index is -0.358. The average Bonchev–Trinajstić information content (AvgIpc) is 2.48. The molecule has 0 aliphatic carbocycles. The quantitative estimate of drug-likeness (QED) is 0.453. The molecule has 1 atom stereocenters. The summed E-state index contributed by atoms with van der Waals surface area (Å²) in [5.41, 5.74) is 0.983. The van der Waals surface area contributed by atoms with Crippen LogP contribution in [0.15, 0.2) is 36.9 Å². The largest absolute Gasteiger partial charge is 0.494 e. The first kappa shape index (κ1) is 16.8. The molecule has 2 nitrogen and oxygen atoms in total. The molecule has 1 aromatic carbocycles. The van der Waals surface area contributed by atoms with Gasteiger partial charge >= 0.3 is 0 Å². The van der Waals surface area contributed by atoms with Crippen LogP contribution in [-0.4, -0.2) is 11.7 Å². The zero-order chi connectivity index (χ0) is 14.6. The zero-order valence-corrected chi connectivity index (χ0v) is 12.7. The molecule has 0 saturated carbocycles. The summed E-state index contributed by atoms with van der Waals surface area (Å²) in [6.07, 6.45) is 9.09. The molecule has 1 N–H and O–H groups in total. The Morgan fingerprint density at radius 3 is 2.55 bits per heavy atom. The maximum absolute atomic E-state index is 10.1. The molecular weight excluding hydrogens is 248 g/mol. The lowest BCUT2D eigenvalue weighted by Crippen LogP contribution is -1.99. The standard InChI is InChI=1S/C18H28O2/c1-3-5-7-8-9-10-18(19)16-11-13-17(14-12-16)20-15-6-4-2/h3,11-14,18-19H,1,4-10,15H2,2H3. The Labute approximate surface area is 123 Å². The fourth-order valence-electron chi connectivity index (χ4n) is 2.09. The Morgan fingerprint density at radius 2 is 1.90 bits per heavy atom. The summed E-state index contributed by atoms with van der Waals surface area (Å²) < 4.78 is 5.62. The molecule has 1 unspecified atom stereocenters. The van der Waals surface area contributed by atoms with Gasteiger partial charge in [0.25, 0.3) is 0 Å². The molecule has 1 rings (SSSR count). The molecule has 0 aliphatic heterocycles. The molecule has 0 heterocycles. The van der Waals surface area contributed by atoms with E-state index in [0.29, 0.717) is 0 Å². The van der Waals surface area contributed by atoms with Gasteiger partial charge in [0.15, 0.2) is 0 Å². The van der Waals surface area contributed by atoms with Gasteiger partial charge in [0.2, 0.25) is 0 Å². The summed E-state index contributed by atoms with van der Waals surface area (Å²) in [6.45, 7) is 6.63. The summed E-state index contributed by atoms with van der Waals surface area (Å²) >= 11 is 0. The highest BCUT2D eigenvalue weighted by atomic mass is 16.5. The van der Waals surface area contributed by atoms with Crippen LogP contribution < -0.4 is 4.74 Å². The molecule has 0 aromatic heterocycles. The maximum atomic E-state index is 10.1. The first-order valence-corrected chi connectivity index (χ1v) is 7.79. The number of unbranched alkanes of at least 4 members (excludes halogenated alkanes) is 4. The van der Waals surface area contributed by atoms with Gasteiger partial charge in [-0.1, -0.05) is 44.4 Å². The predicted octanol–water partition coefficient (Wildman–Crippen LogP) is 5.04. The van der Waals surface area contributed by atoms with Crippen LogP contribution in [0.5, 0.6) is 5.75 Å². The van der Waals surface area contributed by atoms with Gasteiger partial charge in [0, 0.05) is 0 Å². The van der Waals surface area contributed by atoms with E-state index in [0.717, 1.165) is 56.4 Å². The summed E-state index contributed by atoms with van der Waals surface area (Å²) in [7, 11) is 0. The Kier molecular flexibility index (Phi) is 8.81. The molecule has 112 valence electrons. The molecular formula is C18H28O2. The van der Waals surface area contributed by atoms with Crippen molar-refractivity contribution in [1.29, 1.82) is 0 Å². The van der Waals surface area contributed by atoms with Crippen molar-refractivity contribution in [2.45, 2.75) is 58.0 Å². The second-order valence-electron chi connectivity index (χ2n) is 5.21. The Morgan fingerprint density at radius 1 is 1.15 bits per heavy atom. The molecule has 0 bridgehead atoms. The van der Waals surface area contributed by atoms with E-state index in [2.05, 4.69) is 13.5 Å². The molecule has 0 spiro atoms. The monoisotopic (exact) mass is 276 g/mol. The Balaban J connectivity index is 2.29. The van der Waals surface area contributed by atoms with Crippen LogP contribution in [0.25, 0.3) is 0 Å². The first-order valence-electron chi connectivity index (χ1n) is 7.79. The molecule has 20 heavy (non-hydrogen) atoms. The number of allylic oxidation sites excluding steroid dienone is 1. The molecule has 0 radical (unpaired) electrons. The van der Waals surface area contributed by atoms with Crippen molar-refractivity contribution in [3.63, 3.8) is 0 Å². The zero-order valence-electron chi connectivity index (χ0n) is 12.7. The smallest absolute Gasteiger partial charge is 0.119 e. The second-order valence-corrected chi connectivity index (χ2v) is 5.21. The fraction of sp³-hybridized carbons (Fsp3) is 0.556. The lowest BCUT2D eigenvalue weighted by atomic mass is 10.0. The average molecular weight is 276 g/mol. The van der Waals surface area contributed by atoms with Gasteiger partial charge in [-0.25, -0.2) is 0 Å².